The first-order chi connectivity index (χ1) is 17.1. The van der Waals surface area contributed by atoms with Crippen molar-refractivity contribution in [3.63, 3.8) is 0 Å². The molecule has 0 unspecified atom stereocenters. The van der Waals surface area contributed by atoms with Gasteiger partial charge in [-0.05, 0) is 30.5 Å². The van der Waals surface area contributed by atoms with Crippen LogP contribution in [0.4, 0.5) is 5.82 Å². The minimum absolute atomic E-state index is 0.192. The Morgan fingerprint density at radius 1 is 1.22 bits per heavy atom. The lowest BCUT2D eigenvalue weighted by atomic mass is 10.1. The van der Waals surface area contributed by atoms with E-state index in [4.69, 9.17) is 15.6 Å². The van der Waals surface area contributed by atoms with Crippen molar-refractivity contribution < 1.29 is 22.4 Å². The summed E-state index contributed by atoms with van der Waals surface area (Å²) >= 11 is 0. The number of aromatic nitrogens is 5. The number of hydrogen-bond acceptors (Lipinski definition) is 9. The molecule has 0 amide bonds. The molecular weight excluding hydrogens is 486 g/mol. The van der Waals surface area contributed by atoms with Crippen LogP contribution in [0.1, 0.15) is 29.3 Å². The van der Waals surface area contributed by atoms with Crippen LogP contribution >= 0.6 is 0 Å². The second-order valence-electron chi connectivity index (χ2n) is 8.96. The van der Waals surface area contributed by atoms with Crippen molar-refractivity contribution in [3.05, 3.63) is 59.8 Å². The number of aliphatic hydroxyl groups is 1. The molecule has 4 heterocycles. The van der Waals surface area contributed by atoms with Gasteiger partial charge in [-0.3, -0.25) is 8.86 Å². The van der Waals surface area contributed by atoms with Gasteiger partial charge < -0.3 is 20.1 Å². The molecule has 0 spiro atoms. The molecule has 190 valence electrons. The second kappa shape index (κ2) is 9.26. The molecule has 0 saturated carbocycles. The summed E-state index contributed by atoms with van der Waals surface area (Å²) in [5.41, 5.74) is 11.9. The first-order valence-corrected chi connectivity index (χ1v) is 12.8. The Hall–Kier alpha value is -3.36. The summed E-state index contributed by atoms with van der Waals surface area (Å²) < 4.78 is 36.4. The van der Waals surface area contributed by atoms with E-state index in [1.54, 1.807) is 10.8 Å². The summed E-state index contributed by atoms with van der Waals surface area (Å²) in [4.78, 5) is 8.54. The quantitative estimate of drug-likeness (QED) is 0.330. The van der Waals surface area contributed by atoms with Crippen LogP contribution < -0.4 is 10.9 Å². The van der Waals surface area contributed by atoms with Gasteiger partial charge in [0.05, 0.1) is 30.8 Å². The third kappa shape index (κ3) is 4.83. The van der Waals surface area contributed by atoms with Crippen molar-refractivity contribution in [3.8, 4) is 11.1 Å². The van der Waals surface area contributed by atoms with Crippen LogP contribution in [-0.4, -0.2) is 56.7 Å². The molecule has 4 aromatic rings. The van der Waals surface area contributed by atoms with Gasteiger partial charge in [-0.2, -0.15) is 13.5 Å². The summed E-state index contributed by atoms with van der Waals surface area (Å²) in [5, 5.41) is 20.5. The highest BCUT2D eigenvalue weighted by atomic mass is 32.2. The largest absolute Gasteiger partial charge is 0.390 e. The lowest BCUT2D eigenvalue weighted by molar-refractivity contribution is -0.0369. The highest BCUT2D eigenvalue weighted by Gasteiger charge is 2.37. The fourth-order valence-corrected chi connectivity index (χ4v) is 4.75. The zero-order valence-electron chi connectivity index (χ0n) is 19.8. The number of nitrogens with two attached hydrogens (primary N) is 2. The Labute approximate surface area is 207 Å². The number of nitrogen functional groups attached to an aromatic ring is 1. The van der Waals surface area contributed by atoms with Crippen LogP contribution in [0.25, 0.3) is 22.2 Å². The highest BCUT2D eigenvalue weighted by molar-refractivity contribution is 7.84. The van der Waals surface area contributed by atoms with Gasteiger partial charge in [-0.15, -0.1) is 0 Å². The number of aliphatic hydroxyl groups excluding tert-OH is 1. The van der Waals surface area contributed by atoms with Crippen LogP contribution in [0, 0.1) is 13.8 Å². The lowest BCUT2D eigenvalue weighted by Crippen LogP contribution is -2.30. The standard InChI is InChI=1S/C23H27N7O5S/c1-13-3-4-15(5-14(13)2)8-29-9-16(7-28-29)17-10-30(23-21(17)22(24)26-12-27-23)20-6-18(31)19(35-20)11-34-36(25,32)33/h3-5,7,9-10,12,18-20,31H,6,8,11H2,1-2H3,(H2,24,26,27)(H2,25,32,33)/t18-,19+,20+/m0/s1. The van der Waals surface area contributed by atoms with Crippen molar-refractivity contribution in [2.24, 2.45) is 5.14 Å². The smallest absolute Gasteiger partial charge is 0.333 e. The number of benzene rings is 1. The van der Waals surface area contributed by atoms with E-state index >= 15 is 0 Å². The van der Waals surface area contributed by atoms with Crippen LogP contribution in [0.2, 0.25) is 0 Å². The molecule has 0 aliphatic carbocycles. The van der Waals surface area contributed by atoms with Gasteiger partial charge in [0.1, 0.15) is 30.1 Å². The van der Waals surface area contributed by atoms with Crippen molar-refractivity contribution >= 4 is 27.2 Å². The molecule has 12 nitrogen and oxygen atoms in total. The number of rotatable bonds is 7. The molecule has 1 aliphatic heterocycles. The zero-order valence-corrected chi connectivity index (χ0v) is 20.6. The molecular formula is C23H27N7O5S. The Kier molecular flexibility index (Phi) is 6.26. The fourth-order valence-electron chi connectivity index (χ4n) is 4.42. The van der Waals surface area contributed by atoms with Gasteiger partial charge in [0.2, 0.25) is 0 Å². The van der Waals surface area contributed by atoms with Crippen molar-refractivity contribution in [2.75, 3.05) is 12.3 Å². The minimum Gasteiger partial charge on any atom is -0.390 e. The van der Waals surface area contributed by atoms with Crippen LogP contribution in [-0.2, 0) is 25.8 Å². The molecule has 3 aromatic heterocycles. The van der Waals surface area contributed by atoms with E-state index in [9.17, 15) is 13.5 Å². The van der Waals surface area contributed by atoms with Gasteiger partial charge in [0.25, 0.3) is 0 Å². The van der Waals surface area contributed by atoms with Gasteiger partial charge >= 0.3 is 10.3 Å². The van der Waals surface area contributed by atoms with Crippen molar-refractivity contribution in [1.82, 2.24) is 24.3 Å². The SMILES string of the molecule is Cc1ccc(Cn2cc(-c3cn([C@H]4C[C@H](O)[C@@H](COS(N)(=O)=O)O4)c4ncnc(N)c34)cn2)cc1C. The lowest BCUT2D eigenvalue weighted by Gasteiger charge is -2.15. The van der Waals surface area contributed by atoms with E-state index in [0.29, 0.717) is 23.4 Å². The molecule has 5 N–H and O–H groups in total. The van der Waals surface area contributed by atoms with Gasteiger partial charge in [0.15, 0.2) is 0 Å². The average molecular weight is 514 g/mol. The first-order valence-electron chi connectivity index (χ1n) is 11.3. The molecule has 1 aliphatic rings. The molecule has 13 heteroatoms. The number of fused-ring (bicyclic) bond motifs is 1. The molecule has 0 bridgehead atoms. The third-order valence-corrected chi connectivity index (χ3v) is 6.87. The van der Waals surface area contributed by atoms with Gasteiger partial charge in [0, 0.05) is 29.9 Å². The summed E-state index contributed by atoms with van der Waals surface area (Å²) in [5.74, 6) is 0.295. The minimum atomic E-state index is -4.16. The Morgan fingerprint density at radius 2 is 2.03 bits per heavy atom. The summed E-state index contributed by atoms with van der Waals surface area (Å²) in [7, 11) is -4.16. The number of anilines is 1. The van der Waals surface area contributed by atoms with Crippen LogP contribution in [0.15, 0.2) is 43.1 Å². The van der Waals surface area contributed by atoms with E-state index in [2.05, 4.69) is 51.3 Å². The number of aryl methyl sites for hydroxylation is 2. The molecule has 3 atom stereocenters. The first kappa shape index (κ1) is 24.3. The molecule has 1 aromatic carbocycles. The Morgan fingerprint density at radius 3 is 2.78 bits per heavy atom. The molecule has 36 heavy (non-hydrogen) atoms. The molecule has 1 fully saturated rings. The number of ether oxygens (including phenoxy) is 1. The van der Waals surface area contributed by atoms with Crippen LogP contribution in [0.3, 0.4) is 0 Å². The predicted octanol–water partition coefficient (Wildman–Crippen LogP) is 1.41. The second-order valence-corrected chi connectivity index (χ2v) is 10.2. The predicted molar refractivity (Wildman–Crippen MR) is 132 cm³/mol. The Bertz CT molecular complexity index is 1530. The Balaban J connectivity index is 1.45. The maximum atomic E-state index is 11.1. The summed E-state index contributed by atoms with van der Waals surface area (Å²) in [6.45, 7) is 4.37. The fraction of sp³-hybridized carbons (Fsp3) is 0.348. The van der Waals surface area contributed by atoms with Crippen LogP contribution in [0.5, 0.6) is 0 Å². The summed E-state index contributed by atoms with van der Waals surface area (Å²) in [6, 6.07) is 6.32. The highest BCUT2D eigenvalue weighted by Crippen LogP contribution is 2.38. The van der Waals surface area contributed by atoms with Gasteiger partial charge in [-0.25, -0.2) is 15.1 Å². The van der Waals surface area contributed by atoms with E-state index < -0.39 is 35.3 Å². The topological polar surface area (TPSA) is 173 Å². The average Bonchev–Trinajstić information content (AvgIpc) is 3.52. The molecule has 5 rings (SSSR count). The van der Waals surface area contributed by atoms with Crippen molar-refractivity contribution in [1.29, 1.82) is 0 Å². The number of nitrogens with zero attached hydrogens (tertiary/aromatic N) is 5. The van der Waals surface area contributed by atoms with E-state index in [1.165, 1.54) is 17.5 Å². The monoisotopic (exact) mass is 513 g/mol. The normalized spacial score (nSPS) is 20.4. The third-order valence-electron chi connectivity index (χ3n) is 6.41. The van der Waals surface area contributed by atoms with Crippen molar-refractivity contribution in [2.45, 2.75) is 45.2 Å². The van der Waals surface area contributed by atoms with E-state index in [1.807, 2.05) is 17.1 Å². The molecule has 0 radical (unpaired) electrons. The molecule has 1 saturated heterocycles. The number of hydrogen-bond donors (Lipinski definition) is 3. The van der Waals surface area contributed by atoms with E-state index in [0.717, 1.165) is 16.7 Å². The maximum Gasteiger partial charge on any atom is 0.333 e. The van der Waals surface area contributed by atoms with Gasteiger partial charge in [-0.1, -0.05) is 18.2 Å². The summed E-state index contributed by atoms with van der Waals surface area (Å²) in [6.07, 6.45) is 4.57. The van der Waals surface area contributed by atoms with E-state index in [-0.39, 0.29) is 6.42 Å². The zero-order chi connectivity index (χ0) is 25.6. The maximum absolute atomic E-state index is 11.1.